The van der Waals surface area contributed by atoms with Crippen LogP contribution in [0.4, 0.5) is 5.69 Å². The van der Waals surface area contributed by atoms with E-state index < -0.39 is 0 Å². The lowest BCUT2D eigenvalue weighted by Gasteiger charge is -2.27. The van der Waals surface area contributed by atoms with Crippen molar-refractivity contribution in [1.82, 2.24) is 9.91 Å². The van der Waals surface area contributed by atoms with E-state index in [-0.39, 0.29) is 23.3 Å². The van der Waals surface area contributed by atoms with E-state index >= 15 is 0 Å². The highest BCUT2D eigenvalue weighted by atomic mass is 32.2. The van der Waals surface area contributed by atoms with Gasteiger partial charge in [0.15, 0.2) is 0 Å². The van der Waals surface area contributed by atoms with Gasteiger partial charge in [-0.25, -0.2) is 0 Å². The highest BCUT2D eigenvalue weighted by Crippen LogP contribution is 2.37. The number of nitrogens with zero attached hydrogens (tertiary/aromatic N) is 2. The number of quaternary nitrogens is 1. The van der Waals surface area contributed by atoms with Crippen molar-refractivity contribution in [3.05, 3.63) is 47.0 Å². The molecule has 5 nitrogen and oxygen atoms in total. The van der Waals surface area contributed by atoms with Gasteiger partial charge in [0.1, 0.15) is 22.2 Å². The van der Waals surface area contributed by atoms with E-state index in [1.807, 2.05) is 19.9 Å². The van der Waals surface area contributed by atoms with Gasteiger partial charge in [0.2, 0.25) is 0 Å². The van der Waals surface area contributed by atoms with Crippen molar-refractivity contribution < 1.29 is 10.2 Å². The first-order valence-electron chi connectivity index (χ1n) is 10.5. The first-order valence-corrected chi connectivity index (χ1v) is 12.1. The molecule has 31 heavy (non-hydrogen) atoms. The second kappa shape index (κ2) is 9.18. The van der Waals surface area contributed by atoms with Gasteiger partial charge in [-0.3, -0.25) is 9.91 Å². The van der Waals surface area contributed by atoms with Gasteiger partial charge >= 0.3 is 0 Å². The summed E-state index contributed by atoms with van der Waals surface area (Å²) >= 11 is 7.44. The number of aromatic hydroxyl groups is 2. The highest BCUT2D eigenvalue weighted by molar-refractivity contribution is 7.98. The topological polar surface area (TPSA) is 64.8 Å². The van der Waals surface area contributed by atoms with Crippen LogP contribution in [0.15, 0.2) is 40.3 Å². The molecule has 1 atom stereocenters. The van der Waals surface area contributed by atoms with Crippen LogP contribution in [-0.2, 0) is 0 Å². The van der Waals surface area contributed by atoms with Crippen LogP contribution < -0.4 is 9.91 Å². The van der Waals surface area contributed by atoms with Gasteiger partial charge in [0.25, 0.3) is 0 Å². The minimum absolute atomic E-state index is 0.0310. The zero-order valence-electron chi connectivity index (χ0n) is 19.1. The van der Waals surface area contributed by atoms with E-state index in [1.165, 1.54) is 22.2 Å². The third-order valence-electron chi connectivity index (χ3n) is 5.69. The van der Waals surface area contributed by atoms with Gasteiger partial charge in [0, 0.05) is 23.6 Å². The lowest BCUT2D eigenvalue weighted by Crippen LogP contribution is -2.35. The van der Waals surface area contributed by atoms with E-state index in [1.54, 1.807) is 11.8 Å². The molecule has 166 valence electrons. The van der Waals surface area contributed by atoms with Crippen molar-refractivity contribution >= 4 is 40.4 Å². The van der Waals surface area contributed by atoms with Crippen molar-refractivity contribution in [2.75, 3.05) is 27.4 Å². The van der Waals surface area contributed by atoms with Gasteiger partial charge < -0.3 is 10.2 Å². The van der Waals surface area contributed by atoms with Crippen LogP contribution in [0.2, 0.25) is 0 Å². The Hall–Kier alpha value is -2.09. The Labute approximate surface area is 194 Å². The number of hydrazone groups is 1. The summed E-state index contributed by atoms with van der Waals surface area (Å²) < 4.78 is 0.734. The molecule has 0 bridgehead atoms. The van der Waals surface area contributed by atoms with Crippen molar-refractivity contribution in [2.24, 2.45) is 5.10 Å². The highest BCUT2D eigenvalue weighted by Gasteiger charge is 2.26. The Bertz CT molecular complexity index is 1030. The fourth-order valence-electron chi connectivity index (χ4n) is 3.92. The van der Waals surface area contributed by atoms with Crippen LogP contribution in [0.5, 0.6) is 11.5 Å². The Morgan fingerprint density at radius 3 is 2.45 bits per heavy atom. The molecule has 1 aliphatic heterocycles. The van der Waals surface area contributed by atoms with Crippen LogP contribution in [0.3, 0.4) is 0 Å². The molecule has 3 N–H and O–H groups in total. The van der Waals surface area contributed by atoms with Crippen molar-refractivity contribution in [2.45, 2.75) is 43.4 Å². The molecular weight excluding hydrogens is 426 g/mol. The van der Waals surface area contributed by atoms with Crippen molar-refractivity contribution in [1.29, 1.82) is 0 Å². The summed E-state index contributed by atoms with van der Waals surface area (Å²) in [4.78, 5) is 1.94. The fraction of sp³-hybridized carbons (Fsp3) is 0.417. The van der Waals surface area contributed by atoms with Crippen LogP contribution >= 0.6 is 24.0 Å². The summed E-state index contributed by atoms with van der Waals surface area (Å²) in [6.45, 7) is 4.02. The average molecular weight is 459 g/mol. The number of hydrogen-bond donors (Lipinski definition) is 3. The van der Waals surface area contributed by atoms with Gasteiger partial charge in [0.05, 0.1) is 31.8 Å². The number of nitrogens with one attached hydrogen (secondary N) is 1. The Morgan fingerprint density at radius 1 is 1.13 bits per heavy atom. The molecule has 2 aromatic rings. The molecule has 3 rings (SSSR count). The minimum Gasteiger partial charge on any atom is -0.508 e. The third-order valence-corrected chi connectivity index (χ3v) is 6.85. The molecule has 0 saturated carbocycles. The molecule has 2 aromatic carbocycles. The van der Waals surface area contributed by atoms with Crippen molar-refractivity contribution in [3.63, 3.8) is 0 Å². The van der Waals surface area contributed by atoms with Crippen LogP contribution in [0.25, 0.3) is 0 Å². The standard InChI is InChI=1S/C24H31N3O2S2/c1-14(2)17-12-18(22(29)13-21(17)28)19-9-8-16(24(30)26-25-19)15-7-10-23(31-6)20(11-15)27(3,4)5/h7,10-14,16H,8-9H2,1-6H3,(H2-,25,26,28,29,30)/p+1. The van der Waals surface area contributed by atoms with Gasteiger partial charge in [-0.15, -0.1) is 11.8 Å². The molecule has 7 heteroatoms. The van der Waals surface area contributed by atoms with E-state index in [9.17, 15) is 10.2 Å². The second-order valence-electron chi connectivity index (χ2n) is 9.15. The molecular formula is C24H32N3O2S2+. The number of thiocarbonyl (C=S) groups is 1. The summed E-state index contributed by atoms with van der Waals surface area (Å²) in [7, 11) is 6.51. The number of benzene rings is 2. The maximum absolute atomic E-state index is 10.5. The van der Waals surface area contributed by atoms with Gasteiger partial charge in [-0.05, 0) is 48.3 Å². The largest absolute Gasteiger partial charge is 0.508 e. The molecule has 0 fully saturated rings. The Balaban J connectivity index is 1.92. The lowest BCUT2D eigenvalue weighted by atomic mass is 9.90. The summed E-state index contributed by atoms with van der Waals surface area (Å²) in [5.74, 6) is 0.315. The maximum atomic E-state index is 10.5. The number of thioether (sulfide) groups is 1. The van der Waals surface area contributed by atoms with E-state index in [4.69, 9.17) is 12.2 Å². The number of hydrogen-bond acceptors (Lipinski definition) is 5. The summed E-state index contributed by atoms with van der Waals surface area (Å²) in [6, 6.07) is 9.83. The molecule has 1 unspecified atom stereocenters. The monoisotopic (exact) mass is 458 g/mol. The van der Waals surface area contributed by atoms with Crippen molar-refractivity contribution in [3.8, 4) is 11.5 Å². The van der Waals surface area contributed by atoms with Gasteiger partial charge in [-0.1, -0.05) is 32.1 Å². The fourth-order valence-corrected chi connectivity index (χ4v) is 4.96. The van der Waals surface area contributed by atoms with Crippen LogP contribution in [0, 0.1) is 0 Å². The quantitative estimate of drug-likeness (QED) is 0.321. The van der Waals surface area contributed by atoms with E-state index in [2.05, 4.69) is 56.1 Å². The maximum Gasteiger partial charge on any atom is 0.146 e. The molecule has 0 amide bonds. The lowest BCUT2D eigenvalue weighted by molar-refractivity contribution is 0.443. The predicted octanol–water partition coefficient (Wildman–Crippen LogP) is 5.34. The van der Waals surface area contributed by atoms with Crippen LogP contribution in [-0.4, -0.2) is 48.3 Å². The van der Waals surface area contributed by atoms with E-state index in [0.717, 1.165) is 22.2 Å². The third kappa shape index (κ3) is 5.05. The Morgan fingerprint density at radius 2 is 1.84 bits per heavy atom. The first kappa shape index (κ1) is 23.6. The molecule has 0 aliphatic carbocycles. The SMILES string of the molecule is CSc1ccc(C2CCC(c3cc(C(C)C)c(O)cc3O)=NNC2=S)cc1[N+](C)(C)C. The summed E-state index contributed by atoms with van der Waals surface area (Å²) in [5, 5.41) is 25.2. The smallest absolute Gasteiger partial charge is 0.146 e. The number of rotatable bonds is 5. The minimum atomic E-state index is 0.0310. The molecule has 0 radical (unpaired) electrons. The zero-order chi connectivity index (χ0) is 22.9. The average Bonchev–Trinajstić information content (AvgIpc) is 2.88. The van der Waals surface area contributed by atoms with E-state index in [0.29, 0.717) is 17.0 Å². The molecule has 0 saturated heterocycles. The summed E-state index contributed by atoms with van der Waals surface area (Å²) in [6.07, 6.45) is 3.55. The Kier molecular flexibility index (Phi) is 6.98. The second-order valence-corrected chi connectivity index (χ2v) is 10.4. The molecule has 0 aromatic heterocycles. The van der Waals surface area contributed by atoms with Crippen LogP contribution in [0.1, 0.15) is 55.2 Å². The molecule has 1 heterocycles. The number of phenolic OH excluding ortho intramolecular Hbond substituents is 2. The number of phenols is 2. The molecule has 1 aliphatic rings. The predicted molar refractivity (Wildman–Crippen MR) is 136 cm³/mol. The summed E-state index contributed by atoms with van der Waals surface area (Å²) in [5.41, 5.74) is 7.67. The normalized spacial score (nSPS) is 17.3. The zero-order valence-corrected chi connectivity index (χ0v) is 20.7. The molecule has 0 spiro atoms. The van der Waals surface area contributed by atoms with Gasteiger partial charge in [-0.2, -0.15) is 5.10 Å². The first-order chi connectivity index (χ1) is 14.5.